The first-order valence-electron chi connectivity index (χ1n) is 6.71. The summed E-state index contributed by atoms with van der Waals surface area (Å²) in [6, 6.07) is 4.30. The SMILES string of the molecule is COc1ccc2c(c1OC)CC[C@H]1NC(=O)[C@@H](C)[C@@H]21. The smallest absolute Gasteiger partial charge is 0.223 e. The standard InChI is InChI=1S/C15H19NO3/c1-8-13-9-5-7-12(18-2)14(19-3)10(9)4-6-11(13)16-15(8)17/h5,7-8,11,13H,4,6H2,1-3H3,(H,16,17)/t8-,11+,13-/m0/s1. The molecule has 1 aromatic carbocycles. The van der Waals surface area contributed by atoms with Crippen molar-refractivity contribution in [2.45, 2.75) is 31.7 Å². The van der Waals surface area contributed by atoms with Gasteiger partial charge in [-0.25, -0.2) is 0 Å². The molecule has 4 nitrogen and oxygen atoms in total. The molecule has 1 fully saturated rings. The van der Waals surface area contributed by atoms with Gasteiger partial charge in [-0.1, -0.05) is 13.0 Å². The van der Waals surface area contributed by atoms with Crippen LogP contribution in [0.25, 0.3) is 0 Å². The number of rotatable bonds is 2. The van der Waals surface area contributed by atoms with Gasteiger partial charge in [0.25, 0.3) is 0 Å². The number of amides is 1. The van der Waals surface area contributed by atoms with E-state index in [9.17, 15) is 4.79 Å². The zero-order valence-corrected chi connectivity index (χ0v) is 11.5. The van der Waals surface area contributed by atoms with Crippen molar-refractivity contribution in [3.8, 4) is 11.5 Å². The predicted octanol–water partition coefficient (Wildman–Crippen LogP) is 1.87. The van der Waals surface area contributed by atoms with Crippen molar-refractivity contribution in [2.24, 2.45) is 5.92 Å². The van der Waals surface area contributed by atoms with E-state index in [1.165, 1.54) is 11.1 Å². The van der Waals surface area contributed by atoms with Crippen LogP contribution in [0.15, 0.2) is 12.1 Å². The molecule has 0 aromatic heterocycles. The van der Waals surface area contributed by atoms with Crippen LogP contribution in [0.2, 0.25) is 0 Å². The predicted molar refractivity (Wildman–Crippen MR) is 71.7 cm³/mol. The van der Waals surface area contributed by atoms with E-state index in [4.69, 9.17) is 9.47 Å². The molecule has 0 spiro atoms. The van der Waals surface area contributed by atoms with E-state index in [-0.39, 0.29) is 23.8 Å². The molecule has 1 saturated heterocycles. The Hall–Kier alpha value is -1.71. The average Bonchev–Trinajstić information content (AvgIpc) is 2.73. The summed E-state index contributed by atoms with van der Waals surface area (Å²) in [6.07, 6.45) is 1.89. The van der Waals surface area contributed by atoms with Crippen LogP contribution in [-0.2, 0) is 11.2 Å². The minimum Gasteiger partial charge on any atom is -0.493 e. The van der Waals surface area contributed by atoms with E-state index >= 15 is 0 Å². The van der Waals surface area contributed by atoms with E-state index < -0.39 is 0 Å². The summed E-state index contributed by atoms with van der Waals surface area (Å²) in [5, 5.41) is 3.10. The summed E-state index contributed by atoms with van der Waals surface area (Å²) in [5.74, 6) is 2.05. The van der Waals surface area contributed by atoms with Crippen molar-refractivity contribution >= 4 is 5.91 Å². The zero-order valence-electron chi connectivity index (χ0n) is 11.5. The number of fused-ring (bicyclic) bond motifs is 3. The number of methoxy groups -OCH3 is 2. The van der Waals surface area contributed by atoms with E-state index in [0.29, 0.717) is 0 Å². The maximum Gasteiger partial charge on any atom is 0.223 e. The molecular weight excluding hydrogens is 242 g/mol. The molecular formula is C15H19NO3. The summed E-state index contributed by atoms with van der Waals surface area (Å²) in [4.78, 5) is 11.9. The first-order valence-corrected chi connectivity index (χ1v) is 6.71. The fourth-order valence-corrected chi connectivity index (χ4v) is 3.53. The average molecular weight is 261 g/mol. The number of ether oxygens (including phenoxy) is 2. The molecule has 0 saturated carbocycles. The van der Waals surface area contributed by atoms with Gasteiger partial charge in [0.1, 0.15) is 0 Å². The molecule has 3 rings (SSSR count). The van der Waals surface area contributed by atoms with Crippen LogP contribution in [0, 0.1) is 5.92 Å². The van der Waals surface area contributed by atoms with Crippen molar-refractivity contribution in [3.05, 3.63) is 23.3 Å². The van der Waals surface area contributed by atoms with Gasteiger partial charge in [-0.15, -0.1) is 0 Å². The molecule has 4 heteroatoms. The van der Waals surface area contributed by atoms with Crippen LogP contribution in [-0.4, -0.2) is 26.2 Å². The van der Waals surface area contributed by atoms with Crippen LogP contribution < -0.4 is 14.8 Å². The van der Waals surface area contributed by atoms with Crippen molar-refractivity contribution in [1.29, 1.82) is 0 Å². The van der Waals surface area contributed by atoms with Crippen LogP contribution in [0.4, 0.5) is 0 Å². The van der Waals surface area contributed by atoms with Crippen LogP contribution in [0.5, 0.6) is 11.5 Å². The highest BCUT2D eigenvalue weighted by Gasteiger charge is 2.44. The van der Waals surface area contributed by atoms with E-state index in [0.717, 1.165) is 24.3 Å². The maximum atomic E-state index is 11.9. The Kier molecular flexibility index (Phi) is 2.88. The summed E-state index contributed by atoms with van der Waals surface area (Å²) in [5.41, 5.74) is 2.44. The molecule has 0 bridgehead atoms. The Labute approximate surface area is 113 Å². The van der Waals surface area contributed by atoms with Crippen LogP contribution in [0.3, 0.4) is 0 Å². The molecule has 19 heavy (non-hydrogen) atoms. The number of hydrogen-bond donors (Lipinski definition) is 1. The van der Waals surface area contributed by atoms with E-state index in [1.807, 2.05) is 13.0 Å². The molecule has 1 aliphatic heterocycles. The van der Waals surface area contributed by atoms with Gasteiger partial charge in [-0.2, -0.15) is 0 Å². The van der Waals surface area contributed by atoms with Gasteiger partial charge in [-0.3, -0.25) is 4.79 Å². The highest BCUT2D eigenvalue weighted by Crippen LogP contribution is 2.46. The van der Waals surface area contributed by atoms with E-state index in [1.54, 1.807) is 14.2 Å². The normalized spacial score (nSPS) is 28.4. The first-order chi connectivity index (χ1) is 9.17. The van der Waals surface area contributed by atoms with E-state index in [2.05, 4.69) is 11.4 Å². The van der Waals surface area contributed by atoms with Gasteiger partial charge < -0.3 is 14.8 Å². The lowest BCUT2D eigenvalue weighted by molar-refractivity contribution is -0.122. The summed E-state index contributed by atoms with van der Waals surface area (Å²) >= 11 is 0. The van der Waals surface area contributed by atoms with Crippen molar-refractivity contribution < 1.29 is 14.3 Å². The molecule has 0 unspecified atom stereocenters. The zero-order chi connectivity index (χ0) is 13.6. The second-order valence-corrected chi connectivity index (χ2v) is 5.34. The van der Waals surface area contributed by atoms with Crippen molar-refractivity contribution in [2.75, 3.05) is 14.2 Å². The lowest BCUT2D eigenvalue weighted by Gasteiger charge is -2.30. The van der Waals surface area contributed by atoms with Gasteiger partial charge in [0.2, 0.25) is 5.91 Å². The van der Waals surface area contributed by atoms with Crippen LogP contribution in [0.1, 0.15) is 30.4 Å². The monoisotopic (exact) mass is 261 g/mol. The van der Waals surface area contributed by atoms with Gasteiger partial charge in [0.15, 0.2) is 11.5 Å². The molecule has 3 atom stereocenters. The molecule has 1 aliphatic carbocycles. The van der Waals surface area contributed by atoms with Crippen molar-refractivity contribution in [1.82, 2.24) is 5.32 Å². The highest BCUT2D eigenvalue weighted by molar-refractivity contribution is 5.83. The highest BCUT2D eigenvalue weighted by atomic mass is 16.5. The van der Waals surface area contributed by atoms with Gasteiger partial charge >= 0.3 is 0 Å². The minimum atomic E-state index is 0.0298. The summed E-state index contributed by atoms with van der Waals surface area (Å²) < 4.78 is 10.9. The largest absolute Gasteiger partial charge is 0.493 e. The third kappa shape index (κ3) is 1.70. The number of carbonyl (C=O) groups excluding carboxylic acids is 1. The number of carbonyl (C=O) groups is 1. The van der Waals surface area contributed by atoms with Gasteiger partial charge in [-0.05, 0) is 24.5 Å². The summed E-state index contributed by atoms with van der Waals surface area (Å²) in [7, 11) is 3.32. The fraction of sp³-hybridized carbons (Fsp3) is 0.533. The molecule has 2 aliphatic rings. The quantitative estimate of drug-likeness (QED) is 0.884. The van der Waals surface area contributed by atoms with Gasteiger partial charge in [0, 0.05) is 23.4 Å². The Morgan fingerprint density at radius 1 is 1.26 bits per heavy atom. The second-order valence-electron chi connectivity index (χ2n) is 5.34. The maximum absolute atomic E-state index is 11.9. The molecule has 0 radical (unpaired) electrons. The lowest BCUT2D eigenvalue weighted by atomic mass is 9.75. The van der Waals surface area contributed by atoms with Crippen molar-refractivity contribution in [3.63, 3.8) is 0 Å². The molecule has 102 valence electrons. The number of hydrogen-bond acceptors (Lipinski definition) is 3. The molecule has 1 heterocycles. The second kappa shape index (κ2) is 4.44. The lowest BCUT2D eigenvalue weighted by Crippen LogP contribution is -2.32. The fourth-order valence-electron chi connectivity index (χ4n) is 3.53. The third-order valence-electron chi connectivity index (χ3n) is 4.46. The number of benzene rings is 1. The van der Waals surface area contributed by atoms with Crippen LogP contribution >= 0.6 is 0 Å². The molecule has 1 aromatic rings. The Balaban J connectivity index is 2.11. The Bertz CT molecular complexity index is 526. The third-order valence-corrected chi connectivity index (χ3v) is 4.46. The van der Waals surface area contributed by atoms with Gasteiger partial charge in [0.05, 0.1) is 14.2 Å². The summed E-state index contributed by atoms with van der Waals surface area (Å²) in [6.45, 7) is 2.01. The topological polar surface area (TPSA) is 47.6 Å². The Morgan fingerprint density at radius 3 is 2.74 bits per heavy atom. The molecule has 1 amide bonds. The minimum absolute atomic E-state index is 0.0298. The first kappa shape index (κ1) is 12.3. The molecule has 1 N–H and O–H groups in total. The number of nitrogens with one attached hydrogen (secondary N) is 1. The Morgan fingerprint density at radius 2 is 2.05 bits per heavy atom.